The molecule has 0 saturated heterocycles. The number of halogens is 1. The van der Waals surface area contributed by atoms with Crippen molar-refractivity contribution in [3.8, 4) is 0 Å². The minimum atomic E-state index is -3.54. The van der Waals surface area contributed by atoms with Crippen LogP contribution in [0, 0.1) is 0 Å². The van der Waals surface area contributed by atoms with Gasteiger partial charge in [-0.15, -0.1) is 4.40 Å². The highest BCUT2D eigenvalue weighted by molar-refractivity contribution is 7.90. The Hall–Kier alpha value is -2.12. The third-order valence-corrected chi connectivity index (χ3v) is 5.32. The second-order valence-corrected chi connectivity index (χ2v) is 7.69. The maximum atomic E-state index is 12.6. The van der Waals surface area contributed by atoms with E-state index in [-0.39, 0.29) is 29.7 Å². The Bertz CT molecular complexity index is 874. The maximum absolute atomic E-state index is 12.6. The molecule has 1 atom stereocenters. The number of carbonyl (C=O) groups is 1. The van der Waals surface area contributed by atoms with Gasteiger partial charge in [-0.05, 0) is 30.7 Å². The Labute approximate surface area is 145 Å². The van der Waals surface area contributed by atoms with Crippen LogP contribution in [0.4, 0.5) is 0 Å². The Morgan fingerprint density at radius 3 is 2.88 bits per heavy atom. The van der Waals surface area contributed by atoms with Crippen molar-refractivity contribution in [3.05, 3.63) is 58.8 Å². The van der Waals surface area contributed by atoms with Gasteiger partial charge in [0.2, 0.25) is 0 Å². The quantitative estimate of drug-likeness (QED) is 0.888. The first-order chi connectivity index (χ1) is 11.4. The number of hydrogen-bond acceptors (Lipinski definition) is 4. The molecule has 126 valence electrons. The van der Waals surface area contributed by atoms with Gasteiger partial charge in [-0.1, -0.05) is 29.8 Å². The van der Waals surface area contributed by atoms with Crippen LogP contribution in [0.5, 0.6) is 0 Å². The SMILES string of the molecule is CC(NC(=O)C1=CC=CN2CCS(=O)(=O)N=C12)c1ccccc1Cl. The number of sulfonamides is 1. The molecule has 0 saturated carbocycles. The van der Waals surface area contributed by atoms with Crippen molar-refractivity contribution in [1.29, 1.82) is 0 Å². The number of nitrogens with one attached hydrogen (secondary N) is 1. The molecule has 2 aliphatic heterocycles. The Balaban J connectivity index is 1.84. The van der Waals surface area contributed by atoms with E-state index in [0.29, 0.717) is 5.02 Å². The second kappa shape index (κ2) is 6.41. The van der Waals surface area contributed by atoms with E-state index in [1.165, 1.54) is 0 Å². The lowest BCUT2D eigenvalue weighted by Crippen LogP contribution is -2.42. The molecule has 2 heterocycles. The lowest BCUT2D eigenvalue weighted by atomic mass is 10.1. The van der Waals surface area contributed by atoms with E-state index >= 15 is 0 Å². The molecule has 0 fully saturated rings. The predicted molar refractivity (Wildman–Crippen MR) is 93.2 cm³/mol. The molecule has 8 heteroatoms. The highest BCUT2D eigenvalue weighted by Crippen LogP contribution is 2.23. The van der Waals surface area contributed by atoms with Crippen molar-refractivity contribution in [1.82, 2.24) is 10.2 Å². The van der Waals surface area contributed by atoms with Gasteiger partial charge in [-0.2, -0.15) is 0 Å². The smallest absolute Gasteiger partial charge is 0.256 e. The first kappa shape index (κ1) is 16.7. The molecule has 0 aromatic heterocycles. The molecule has 0 bridgehead atoms. The highest BCUT2D eigenvalue weighted by atomic mass is 35.5. The van der Waals surface area contributed by atoms with Gasteiger partial charge in [0.05, 0.1) is 17.4 Å². The molecule has 1 unspecified atom stereocenters. The molecule has 2 aliphatic rings. The minimum Gasteiger partial charge on any atom is -0.345 e. The van der Waals surface area contributed by atoms with E-state index in [9.17, 15) is 13.2 Å². The van der Waals surface area contributed by atoms with E-state index in [4.69, 9.17) is 11.6 Å². The van der Waals surface area contributed by atoms with Crippen LogP contribution in [0.3, 0.4) is 0 Å². The zero-order valence-electron chi connectivity index (χ0n) is 12.9. The Morgan fingerprint density at radius 2 is 2.12 bits per heavy atom. The molecular formula is C16H16ClN3O3S. The van der Waals surface area contributed by atoms with Gasteiger partial charge >= 0.3 is 0 Å². The van der Waals surface area contributed by atoms with E-state index in [1.54, 1.807) is 29.3 Å². The third kappa shape index (κ3) is 3.37. The fraction of sp³-hybridized carbons (Fsp3) is 0.250. The normalized spacial score (nSPS) is 19.8. The summed E-state index contributed by atoms with van der Waals surface area (Å²) in [6.45, 7) is 2.10. The number of carbonyl (C=O) groups excluding carboxylic acids is 1. The monoisotopic (exact) mass is 365 g/mol. The van der Waals surface area contributed by atoms with Crippen molar-refractivity contribution in [3.63, 3.8) is 0 Å². The van der Waals surface area contributed by atoms with E-state index in [2.05, 4.69) is 9.71 Å². The first-order valence-electron chi connectivity index (χ1n) is 7.41. The van der Waals surface area contributed by atoms with Gasteiger partial charge in [-0.3, -0.25) is 4.79 Å². The summed E-state index contributed by atoms with van der Waals surface area (Å²) in [6.07, 6.45) is 4.97. The van der Waals surface area contributed by atoms with E-state index in [0.717, 1.165) is 5.56 Å². The van der Waals surface area contributed by atoms with Crippen molar-refractivity contribution >= 4 is 33.4 Å². The molecule has 1 aromatic carbocycles. The van der Waals surface area contributed by atoms with Crippen molar-refractivity contribution in [2.24, 2.45) is 4.40 Å². The average molecular weight is 366 g/mol. The molecule has 6 nitrogen and oxygen atoms in total. The number of amides is 1. The largest absolute Gasteiger partial charge is 0.345 e. The number of nitrogens with zero attached hydrogens (tertiary/aromatic N) is 2. The summed E-state index contributed by atoms with van der Waals surface area (Å²) < 4.78 is 27.2. The molecule has 1 N–H and O–H groups in total. The topological polar surface area (TPSA) is 78.8 Å². The van der Waals surface area contributed by atoms with Crippen molar-refractivity contribution in [2.75, 3.05) is 12.3 Å². The summed E-state index contributed by atoms with van der Waals surface area (Å²) in [5.41, 5.74) is 1.01. The number of allylic oxidation sites excluding steroid dienone is 2. The fourth-order valence-corrected chi connectivity index (χ4v) is 3.86. The van der Waals surface area contributed by atoms with Crippen LogP contribution in [0.25, 0.3) is 0 Å². The number of hydrogen-bond donors (Lipinski definition) is 1. The molecule has 24 heavy (non-hydrogen) atoms. The minimum absolute atomic E-state index is 0.0637. The summed E-state index contributed by atoms with van der Waals surface area (Å²) in [5, 5.41) is 3.40. The van der Waals surface area contributed by atoms with Crippen LogP contribution in [0.15, 0.2) is 52.6 Å². The summed E-state index contributed by atoms with van der Waals surface area (Å²) in [5.74, 6) is -0.300. The van der Waals surface area contributed by atoms with Gasteiger partial charge in [0.1, 0.15) is 0 Å². The molecule has 0 aliphatic carbocycles. The van der Waals surface area contributed by atoms with Gasteiger partial charge < -0.3 is 10.2 Å². The van der Waals surface area contributed by atoms with E-state index < -0.39 is 15.9 Å². The van der Waals surface area contributed by atoms with Crippen molar-refractivity contribution in [2.45, 2.75) is 13.0 Å². The third-order valence-electron chi connectivity index (χ3n) is 3.82. The van der Waals surface area contributed by atoms with Gasteiger partial charge in [0.25, 0.3) is 15.9 Å². The highest BCUT2D eigenvalue weighted by Gasteiger charge is 2.30. The summed E-state index contributed by atoms with van der Waals surface area (Å²) in [7, 11) is -3.54. The lowest BCUT2D eigenvalue weighted by Gasteiger charge is -2.29. The van der Waals surface area contributed by atoms with Crippen molar-refractivity contribution < 1.29 is 13.2 Å². The fourth-order valence-electron chi connectivity index (χ4n) is 2.57. The summed E-state index contributed by atoms with van der Waals surface area (Å²) in [6, 6.07) is 6.91. The van der Waals surface area contributed by atoms with Crippen LogP contribution in [0.1, 0.15) is 18.5 Å². The number of rotatable bonds is 3. The van der Waals surface area contributed by atoms with Gasteiger partial charge in [0.15, 0.2) is 5.84 Å². The van der Waals surface area contributed by atoms with Gasteiger partial charge in [-0.25, -0.2) is 8.42 Å². The molecule has 0 radical (unpaired) electrons. The standard InChI is InChI=1S/C16H16ClN3O3S/c1-11(12-5-2-3-7-14(12)17)18-16(21)13-6-4-8-20-9-10-24(22,23)19-15(13)20/h2-8,11H,9-10H2,1H3,(H,18,21). The average Bonchev–Trinajstić information content (AvgIpc) is 2.53. The lowest BCUT2D eigenvalue weighted by molar-refractivity contribution is -0.117. The molecule has 3 rings (SSSR count). The van der Waals surface area contributed by atoms with Crippen LogP contribution in [0.2, 0.25) is 5.02 Å². The second-order valence-electron chi connectivity index (χ2n) is 5.53. The first-order valence-corrected chi connectivity index (χ1v) is 9.39. The number of amidine groups is 1. The number of fused-ring (bicyclic) bond motifs is 1. The predicted octanol–water partition coefficient (Wildman–Crippen LogP) is 2.01. The van der Waals surface area contributed by atoms with Crippen LogP contribution >= 0.6 is 11.6 Å². The zero-order valence-corrected chi connectivity index (χ0v) is 14.5. The Morgan fingerprint density at radius 1 is 1.38 bits per heavy atom. The molecule has 0 spiro atoms. The number of benzene rings is 1. The molecule has 1 amide bonds. The van der Waals surface area contributed by atoms with Crippen LogP contribution < -0.4 is 5.32 Å². The van der Waals surface area contributed by atoms with Gasteiger partial charge in [0, 0.05) is 17.8 Å². The zero-order chi connectivity index (χ0) is 17.3. The Kier molecular flexibility index (Phi) is 4.47. The van der Waals surface area contributed by atoms with E-state index in [1.807, 2.05) is 25.1 Å². The maximum Gasteiger partial charge on any atom is 0.256 e. The van der Waals surface area contributed by atoms with Crippen LogP contribution in [-0.2, 0) is 14.8 Å². The summed E-state index contributed by atoms with van der Waals surface area (Å²) in [4.78, 5) is 14.3. The summed E-state index contributed by atoms with van der Waals surface area (Å²) >= 11 is 6.15. The van der Waals surface area contributed by atoms with Crippen LogP contribution in [-0.4, -0.2) is 37.4 Å². The molecule has 1 aromatic rings. The molecular weight excluding hydrogens is 350 g/mol.